The van der Waals surface area contributed by atoms with Crippen LogP contribution in [0.15, 0.2) is 18.2 Å². The van der Waals surface area contributed by atoms with E-state index < -0.39 is 58.4 Å². The second-order valence-corrected chi connectivity index (χ2v) is 12.9. The SMILES string of the molecule is CN(c1nc(OC[C@@]23CCCN2C[C@H](F)C3)nc2c(F)c(-c3ccc(F)c4sc(N)nc34)c(C(F)(F)F)cc12)[C@H]1CNC[C@H]1F. The molecule has 4 atom stereocenters. The molecular formula is C29H28F7N7OS. The Morgan fingerprint density at radius 3 is 2.69 bits per heavy atom. The van der Waals surface area contributed by atoms with Gasteiger partial charge in [0.2, 0.25) is 0 Å². The molecule has 0 unspecified atom stereocenters. The summed E-state index contributed by atoms with van der Waals surface area (Å²) in [5.41, 5.74) is 1.80. The van der Waals surface area contributed by atoms with Gasteiger partial charge in [-0.15, -0.1) is 0 Å². The van der Waals surface area contributed by atoms with E-state index in [9.17, 15) is 26.3 Å². The van der Waals surface area contributed by atoms with Crippen LogP contribution in [0.2, 0.25) is 0 Å². The van der Waals surface area contributed by atoms with Gasteiger partial charge in [0.15, 0.2) is 10.9 Å². The molecule has 8 nitrogen and oxygen atoms in total. The summed E-state index contributed by atoms with van der Waals surface area (Å²) in [6.07, 6.45) is -5.78. The van der Waals surface area contributed by atoms with E-state index in [-0.39, 0.29) is 70.8 Å². The molecular weight excluding hydrogens is 627 g/mol. The number of halogens is 7. The quantitative estimate of drug-likeness (QED) is 0.264. The van der Waals surface area contributed by atoms with Crippen molar-refractivity contribution in [3.8, 4) is 17.1 Å². The Morgan fingerprint density at radius 1 is 1.16 bits per heavy atom. The van der Waals surface area contributed by atoms with Crippen molar-refractivity contribution < 1.29 is 35.5 Å². The fourth-order valence-corrected chi connectivity index (χ4v) is 7.79. The highest BCUT2D eigenvalue weighted by Crippen LogP contribution is 2.46. The number of nitrogen functional groups attached to an aromatic ring is 1. The van der Waals surface area contributed by atoms with E-state index in [1.165, 1.54) is 11.9 Å². The van der Waals surface area contributed by atoms with Crippen molar-refractivity contribution in [3.63, 3.8) is 0 Å². The number of anilines is 2. The number of nitrogens with two attached hydrogens (primary N) is 1. The van der Waals surface area contributed by atoms with E-state index in [0.717, 1.165) is 29.9 Å². The predicted molar refractivity (Wildman–Crippen MR) is 156 cm³/mol. The molecule has 4 aromatic rings. The van der Waals surface area contributed by atoms with Gasteiger partial charge < -0.3 is 20.7 Å². The van der Waals surface area contributed by atoms with E-state index >= 15 is 4.39 Å². The van der Waals surface area contributed by atoms with Crippen LogP contribution in [0.3, 0.4) is 0 Å². The molecule has 16 heteroatoms. The lowest BCUT2D eigenvalue weighted by Crippen LogP contribution is -2.43. The number of likely N-dealkylation sites (N-methyl/N-ethyl adjacent to an activating group) is 1. The first-order valence-corrected chi connectivity index (χ1v) is 15.2. The molecule has 2 aromatic heterocycles. The third-order valence-corrected chi connectivity index (χ3v) is 10.0. The number of aromatic nitrogens is 3. The second-order valence-electron chi connectivity index (χ2n) is 11.9. The molecule has 0 saturated carbocycles. The Balaban J connectivity index is 1.43. The van der Waals surface area contributed by atoms with Crippen LogP contribution in [0.1, 0.15) is 24.8 Å². The normalized spacial score (nSPS) is 25.5. The highest BCUT2D eigenvalue weighted by molar-refractivity contribution is 7.22. The first kappa shape index (κ1) is 30.2. The molecule has 0 bridgehead atoms. The van der Waals surface area contributed by atoms with Crippen molar-refractivity contribution in [1.82, 2.24) is 25.2 Å². The zero-order valence-electron chi connectivity index (χ0n) is 23.9. The van der Waals surface area contributed by atoms with Crippen molar-refractivity contribution in [2.45, 2.75) is 49.4 Å². The van der Waals surface area contributed by atoms with Crippen LogP contribution in [-0.2, 0) is 6.18 Å². The van der Waals surface area contributed by atoms with Gasteiger partial charge in [0.1, 0.15) is 36.1 Å². The van der Waals surface area contributed by atoms with Gasteiger partial charge in [-0.1, -0.05) is 11.3 Å². The second kappa shape index (κ2) is 10.8. The number of benzene rings is 2. The topological polar surface area (TPSA) is 92.4 Å². The number of alkyl halides is 5. The van der Waals surface area contributed by atoms with Gasteiger partial charge >= 0.3 is 12.2 Å². The Bertz CT molecular complexity index is 1800. The number of ether oxygens (including phenoxy) is 1. The number of nitrogens with one attached hydrogen (secondary N) is 1. The van der Waals surface area contributed by atoms with Crippen LogP contribution >= 0.6 is 11.3 Å². The minimum atomic E-state index is -5.08. The molecule has 3 aliphatic heterocycles. The molecule has 7 rings (SSSR count). The highest BCUT2D eigenvalue weighted by atomic mass is 32.1. The maximum atomic E-state index is 16.7. The lowest BCUT2D eigenvalue weighted by molar-refractivity contribution is -0.137. The fourth-order valence-electron chi connectivity index (χ4n) is 7.02. The average molecular weight is 656 g/mol. The van der Waals surface area contributed by atoms with Crippen LogP contribution < -0.4 is 20.7 Å². The van der Waals surface area contributed by atoms with Crippen molar-refractivity contribution in [2.24, 2.45) is 0 Å². The summed E-state index contributed by atoms with van der Waals surface area (Å²) in [5.74, 6) is -2.30. The monoisotopic (exact) mass is 655 g/mol. The Kier molecular flexibility index (Phi) is 7.24. The minimum absolute atomic E-state index is 0.0216. The third kappa shape index (κ3) is 5.01. The zero-order valence-corrected chi connectivity index (χ0v) is 24.7. The lowest BCUT2D eigenvalue weighted by Gasteiger charge is -2.31. The number of hydrogen-bond donors (Lipinski definition) is 2. The van der Waals surface area contributed by atoms with E-state index in [2.05, 4.69) is 20.3 Å². The molecule has 2 aromatic carbocycles. The van der Waals surface area contributed by atoms with Crippen LogP contribution in [-0.4, -0.2) is 83.6 Å². The van der Waals surface area contributed by atoms with Crippen molar-refractivity contribution >= 4 is 43.4 Å². The smallest absolute Gasteiger partial charge is 0.417 e. The van der Waals surface area contributed by atoms with Crippen molar-refractivity contribution in [3.05, 3.63) is 35.4 Å². The molecule has 3 fully saturated rings. The first-order valence-electron chi connectivity index (χ1n) is 14.4. The fraction of sp³-hybridized carbons (Fsp3) is 0.483. The van der Waals surface area contributed by atoms with Gasteiger partial charge in [-0.05, 0) is 37.6 Å². The summed E-state index contributed by atoms with van der Waals surface area (Å²) in [5, 5.41) is 2.46. The molecule has 0 radical (unpaired) electrons. The predicted octanol–water partition coefficient (Wildman–Crippen LogP) is 5.49. The van der Waals surface area contributed by atoms with Gasteiger partial charge in [-0.25, -0.2) is 22.5 Å². The molecule has 0 aliphatic carbocycles. The van der Waals surface area contributed by atoms with Crippen LogP contribution in [0.25, 0.3) is 32.2 Å². The van der Waals surface area contributed by atoms with E-state index in [0.29, 0.717) is 19.0 Å². The molecule has 0 spiro atoms. The molecule has 0 amide bonds. The van der Waals surface area contributed by atoms with Crippen molar-refractivity contribution in [1.29, 1.82) is 0 Å². The maximum Gasteiger partial charge on any atom is 0.417 e. The summed E-state index contributed by atoms with van der Waals surface area (Å²) in [7, 11) is 1.46. The number of thiazole rings is 1. The van der Waals surface area contributed by atoms with Gasteiger partial charge in [0, 0.05) is 49.6 Å². The largest absolute Gasteiger partial charge is 0.461 e. The van der Waals surface area contributed by atoms with E-state index in [1.807, 2.05) is 4.90 Å². The summed E-state index contributed by atoms with van der Waals surface area (Å²) in [6.45, 7) is 1.11. The summed E-state index contributed by atoms with van der Waals surface area (Å²) >= 11 is 0.723. The Labute approximate surface area is 256 Å². The Morgan fingerprint density at radius 2 is 1.96 bits per heavy atom. The Hall–Kier alpha value is -3.50. The summed E-state index contributed by atoms with van der Waals surface area (Å²) in [4.78, 5) is 16.0. The molecule has 45 heavy (non-hydrogen) atoms. The third-order valence-electron chi connectivity index (χ3n) is 9.15. The van der Waals surface area contributed by atoms with Gasteiger partial charge in [-0.2, -0.15) is 23.1 Å². The van der Waals surface area contributed by atoms with Crippen LogP contribution in [0.4, 0.5) is 41.7 Å². The molecule has 240 valence electrons. The minimum Gasteiger partial charge on any atom is -0.461 e. The van der Waals surface area contributed by atoms with Gasteiger partial charge in [0.05, 0.1) is 27.4 Å². The lowest BCUT2D eigenvalue weighted by atomic mass is 9.94. The average Bonchev–Trinajstić information content (AvgIpc) is 3.75. The maximum absolute atomic E-state index is 16.7. The van der Waals surface area contributed by atoms with Crippen LogP contribution in [0.5, 0.6) is 6.01 Å². The van der Waals surface area contributed by atoms with Gasteiger partial charge in [-0.3, -0.25) is 4.90 Å². The van der Waals surface area contributed by atoms with Crippen molar-refractivity contribution in [2.75, 3.05) is 50.5 Å². The molecule has 3 N–H and O–H groups in total. The molecule has 5 heterocycles. The van der Waals surface area contributed by atoms with Gasteiger partial charge in [0.25, 0.3) is 0 Å². The first-order chi connectivity index (χ1) is 21.4. The number of rotatable bonds is 6. The number of nitrogens with zero attached hydrogens (tertiary/aromatic N) is 5. The number of hydrogen-bond acceptors (Lipinski definition) is 9. The summed E-state index contributed by atoms with van der Waals surface area (Å²) in [6, 6.07) is 1.48. The van der Waals surface area contributed by atoms with E-state index in [4.69, 9.17) is 10.5 Å². The zero-order chi connectivity index (χ0) is 31.8. The molecule has 3 saturated heterocycles. The standard InChI is InChI=1S/C29H28F7N7OS/c1-42(19-10-38-9-18(19)32)25-15-7-16(29(34,35)36)20(14-3-4-17(31)24-23(14)39-26(37)45-24)21(33)22(15)40-27(41-25)44-12-28-5-2-6-43(28)11-13(30)8-28/h3-4,7,13,18-19,38H,2,5-6,8-12H2,1H3,(H2,37,39)/t13-,18-,19+,28+/m1/s1. The number of fused-ring (bicyclic) bond motifs is 3. The van der Waals surface area contributed by atoms with Crippen LogP contribution in [0, 0.1) is 11.6 Å². The van der Waals surface area contributed by atoms with E-state index in [1.54, 1.807) is 0 Å². The molecule has 3 aliphatic rings. The highest BCUT2D eigenvalue weighted by Gasteiger charge is 2.49. The summed E-state index contributed by atoms with van der Waals surface area (Å²) < 4.78 is 110.